The van der Waals surface area contributed by atoms with Crippen LogP contribution in [0.5, 0.6) is 0 Å². The molecule has 0 saturated heterocycles. The second kappa shape index (κ2) is 8.91. The van der Waals surface area contributed by atoms with Gasteiger partial charge in [0.2, 0.25) is 0 Å². The van der Waals surface area contributed by atoms with Gasteiger partial charge in [-0.1, -0.05) is 44.0 Å². The van der Waals surface area contributed by atoms with Crippen LogP contribution in [0.25, 0.3) is 22.3 Å². The highest BCUT2D eigenvalue weighted by atomic mass is 19.1. The summed E-state index contributed by atoms with van der Waals surface area (Å²) in [4.78, 5) is 13.0. The van der Waals surface area contributed by atoms with Crippen LogP contribution in [0.3, 0.4) is 0 Å². The zero-order valence-electron chi connectivity index (χ0n) is 17.2. The van der Waals surface area contributed by atoms with Crippen molar-refractivity contribution in [1.82, 2.24) is 0 Å². The molecule has 3 heteroatoms. The van der Waals surface area contributed by atoms with Crippen molar-refractivity contribution in [2.24, 2.45) is 11.8 Å². The monoisotopic (exact) mass is 404 g/mol. The molecule has 0 aromatic heterocycles. The number of rotatable bonds is 6. The standard InChI is InChI=1S/C27H26F2O/c1-18-2-3-19(14-18)4-13-27(30)24-16-22(20-5-9-25(28)10-6-20)15-23(17-24)21-7-11-26(29)12-8-21/h5-12,15-19H,2-4,13-14H2,1H3/t18-,19-/m1/s1. The minimum absolute atomic E-state index is 0.127. The fourth-order valence-electron chi connectivity index (χ4n) is 4.47. The van der Waals surface area contributed by atoms with Crippen molar-refractivity contribution in [3.05, 3.63) is 83.9 Å². The molecular weight excluding hydrogens is 378 g/mol. The van der Waals surface area contributed by atoms with E-state index in [-0.39, 0.29) is 17.4 Å². The van der Waals surface area contributed by atoms with Gasteiger partial charge < -0.3 is 0 Å². The Labute approximate surface area is 176 Å². The Balaban J connectivity index is 1.65. The van der Waals surface area contributed by atoms with Crippen LogP contribution in [0.4, 0.5) is 8.78 Å². The molecule has 2 atom stereocenters. The van der Waals surface area contributed by atoms with Gasteiger partial charge in [-0.05, 0) is 89.4 Å². The fraction of sp³-hybridized carbons (Fsp3) is 0.296. The van der Waals surface area contributed by atoms with Crippen LogP contribution in [0.15, 0.2) is 66.7 Å². The highest BCUT2D eigenvalue weighted by molar-refractivity contribution is 5.98. The average molecular weight is 405 g/mol. The number of hydrogen-bond acceptors (Lipinski definition) is 1. The Hall–Kier alpha value is -2.81. The minimum Gasteiger partial charge on any atom is -0.294 e. The van der Waals surface area contributed by atoms with Gasteiger partial charge in [0.1, 0.15) is 11.6 Å². The molecule has 0 aliphatic heterocycles. The van der Waals surface area contributed by atoms with Crippen molar-refractivity contribution in [3.8, 4) is 22.3 Å². The summed E-state index contributed by atoms with van der Waals surface area (Å²) < 4.78 is 26.8. The molecule has 1 fully saturated rings. The molecule has 30 heavy (non-hydrogen) atoms. The minimum atomic E-state index is -0.296. The number of carbonyl (C=O) groups is 1. The maximum Gasteiger partial charge on any atom is 0.162 e. The lowest BCUT2D eigenvalue weighted by molar-refractivity contribution is 0.0973. The summed E-state index contributed by atoms with van der Waals surface area (Å²) in [5.41, 5.74) is 4.06. The summed E-state index contributed by atoms with van der Waals surface area (Å²) >= 11 is 0. The van der Waals surface area contributed by atoms with Crippen LogP contribution in [0, 0.1) is 23.5 Å². The first-order valence-electron chi connectivity index (χ1n) is 10.7. The van der Waals surface area contributed by atoms with E-state index in [1.807, 2.05) is 18.2 Å². The Bertz CT molecular complexity index is 958. The van der Waals surface area contributed by atoms with E-state index >= 15 is 0 Å². The molecule has 1 aliphatic rings. The molecule has 4 rings (SSSR count). The first kappa shape index (κ1) is 20.5. The van der Waals surface area contributed by atoms with Gasteiger partial charge in [0.15, 0.2) is 5.78 Å². The predicted octanol–water partition coefficient (Wildman–Crippen LogP) is 7.70. The first-order valence-corrected chi connectivity index (χ1v) is 10.7. The van der Waals surface area contributed by atoms with E-state index in [0.29, 0.717) is 17.9 Å². The molecule has 1 nitrogen and oxygen atoms in total. The van der Waals surface area contributed by atoms with Crippen LogP contribution < -0.4 is 0 Å². The Morgan fingerprint density at radius 2 is 1.33 bits per heavy atom. The SMILES string of the molecule is C[C@@H]1CC[C@H](CCC(=O)c2cc(-c3ccc(F)cc3)cc(-c3ccc(F)cc3)c2)C1. The van der Waals surface area contributed by atoms with Crippen molar-refractivity contribution >= 4 is 5.78 Å². The van der Waals surface area contributed by atoms with Crippen LogP contribution in [-0.4, -0.2) is 5.78 Å². The number of carbonyl (C=O) groups excluding carboxylic acids is 1. The third-order valence-corrected chi connectivity index (χ3v) is 6.19. The summed E-state index contributed by atoms with van der Waals surface area (Å²) in [6.07, 6.45) is 5.14. The predicted molar refractivity (Wildman–Crippen MR) is 117 cm³/mol. The van der Waals surface area contributed by atoms with E-state index in [1.54, 1.807) is 24.3 Å². The van der Waals surface area contributed by atoms with Gasteiger partial charge in [0, 0.05) is 12.0 Å². The van der Waals surface area contributed by atoms with E-state index in [4.69, 9.17) is 0 Å². The van der Waals surface area contributed by atoms with Crippen molar-refractivity contribution in [2.45, 2.75) is 39.0 Å². The van der Waals surface area contributed by atoms with E-state index in [1.165, 1.54) is 43.5 Å². The molecule has 0 unspecified atom stereocenters. The zero-order valence-corrected chi connectivity index (χ0v) is 17.2. The topological polar surface area (TPSA) is 17.1 Å². The summed E-state index contributed by atoms with van der Waals surface area (Å²) in [5, 5.41) is 0. The normalized spacial score (nSPS) is 18.5. The van der Waals surface area contributed by atoms with Gasteiger partial charge in [0.05, 0.1) is 0 Å². The molecule has 0 amide bonds. The third kappa shape index (κ3) is 4.84. The van der Waals surface area contributed by atoms with Crippen LogP contribution in [0.2, 0.25) is 0 Å². The third-order valence-electron chi connectivity index (χ3n) is 6.19. The van der Waals surface area contributed by atoms with Crippen molar-refractivity contribution < 1.29 is 13.6 Å². The molecule has 0 N–H and O–H groups in total. The Morgan fingerprint density at radius 1 is 0.800 bits per heavy atom. The Morgan fingerprint density at radius 3 is 1.80 bits per heavy atom. The Kier molecular flexibility index (Phi) is 6.08. The first-order chi connectivity index (χ1) is 14.5. The van der Waals surface area contributed by atoms with Crippen molar-refractivity contribution in [3.63, 3.8) is 0 Å². The van der Waals surface area contributed by atoms with E-state index in [2.05, 4.69) is 6.92 Å². The number of Topliss-reactive ketones (excluding diaryl/α,β-unsaturated/α-hetero) is 1. The summed E-state index contributed by atoms with van der Waals surface area (Å²) in [5.74, 6) is 0.936. The lowest BCUT2D eigenvalue weighted by atomic mass is 9.92. The quantitative estimate of drug-likeness (QED) is 0.385. The van der Waals surface area contributed by atoms with Gasteiger partial charge in [-0.3, -0.25) is 4.79 Å². The highest BCUT2D eigenvalue weighted by Crippen LogP contribution is 2.34. The van der Waals surface area contributed by atoms with Crippen LogP contribution >= 0.6 is 0 Å². The average Bonchev–Trinajstić information content (AvgIpc) is 3.18. The molecule has 1 saturated carbocycles. The van der Waals surface area contributed by atoms with Gasteiger partial charge in [-0.25, -0.2) is 8.78 Å². The smallest absolute Gasteiger partial charge is 0.162 e. The van der Waals surface area contributed by atoms with E-state index in [9.17, 15) is 13.6 Å². The molecule has 1 aliphatic carbocycles. The summed E-state index contributed by atoms with van der Waals surface area (Å²) in [6, 6.07) is 18.3. The van der Waals surface area contributed by atoms with Gasteiger partial charge >= 0.3 is 0 Å². The van der Waals surface area contributed by atoms with Gasteiger partial charge in [-0.2, -0.15) is 0 Å². The van der Waals surface area contributed by atoms with Crippen molar-refractivity contribution in [1.29, 1.82) is 0 Å². The molecule has 154 valence electrons. The maximum atomic E-state index is 13.4. The molecule has 3 aromatic rings. The van der Waals surface area contributed by atoms with E-state index in [0.717, 1.165) is 34.6 Å². The zero-order chi connectivity index (χ0) is 21.1. The van der Waals surface area contributed by atoms with Gasteiger partial charge in [-0.15, -0.1) is 0 Å². The second-order valence-corrected chi connectivity index (χ2v) is 8.56. The number of halogens is 2. The molecule has 3 aromatic carbocycles. The molecular formula is C27H26F2O. The molecule has 0 bridgehead atoms. The largest absolute Gasteiger partial charge is 0.294 e. The second-order valence-electron chi connectivity index (χ2n) is 8.56. The molecule has 0 radical (unpaired) electrons. The van der Waals surface area contributed by atoms with Crippen LogP contribution in [0.1, 0.15) is 49.4 Å². The lowest BCUT2D eigenvalue weighted by Gasteiger charge is -2.12. The maximum absolute atomic E-state index is 13.4. The number of benzene rings is 3. The van der Waals surface area contributed by atoms with Gasteiger partial charge in [0.25, 0.3) is 0 Å². The fourth-order valence-corrected chi connectivity index (χ4v) is 4.47. The highest BCUT2D eigenvalue weighted by Gasteiger charge is 2.22. The van der Waals surface area contributed by atoms with E-state index < -0.39 is 0 Å². The summed E-state index contributed by atoms with van der Waals surface area (Å²) in [6.45, 7) is 2.28. The lowest BCUT2D eigenvalue weighted by Crippen LogP contribution is -2.04. The van der Waals surface area contributed by atoms with Crippen LogP contribution in [-0.2, 0) is 0 Å². The number of ketones is 1. The molecule has 0 heterocycles. The molecule has 0 spiro atoms. The summed E-state index contributed by atoms with van der Waals surface area (Å²) in [7, 11) is 0. The van der Waals surface area contributed by atoms with Crippen molar-refractivity contribution in [2.75, 3.05) is 0 Å². The number of hydrogen-bond donors (Lipinski definition) is 0.